The molecule has 1 amide bonds. The molecule has 0 aliphatic rings. The van der Waals surface area contributed by atoms with Crippen LogP contribution in [-0.4, -0.2) is 31.5 Å². The number of aromatic nitrogens is 4. The minimum Gasteiger partial charge on any atom is -0.347 e. The van der Waals surface area contributed by atoms with Crippen LogP contribution in [0.25, 0.3) is 10.2 Å². The van der Waals surface area contributed by atoms with Crippen LogP contribution in [0.2, 0.25) is 0 Å². The van der Waals surface area contributed by atoms with Gasteiger partial charge in [0.1, 0.15) is 4.83 Å². The zero-order valence-corrected chi connectivity index (χ0v) is 15.2. The lowest BCUT2D eigenvalue weighted by Gasteiger charge is -2.13. The second kappa shape index (κ2) is 6.79. The Labute approximate surface area is 157 Å². The van der Waals surface area contributed by atoms with Crippen molar-refractivity contribution in [3.63, 3.8) is 0 Å². The summed E-state index contributed by atoms with van der Waals surface area (Å²) < 4.78 is 78.8. The first-order chi connectivity index (χ1) is 12.9. The van der Waals surface area contributed by atoms with Crippen molar-refractivity contribution in [2.45, 2.75) is 31.9 Å². The maximum absolute atomic E-state index is 13.0. The number of hydrogen-bond donors (Lipinski definition) is 1. The fourth-order valence-electron chi connectivity index (χ4n) is 2.60. The van der Waals surface area contributed by atoms with Crippen LogP contribution >= 0.6 is 11.3 Å². The molecule has 0 aromatic carbocycles. The van der Waals surface area contributed by atoms with Crippen LogP contribution in [0.3, 0.4) is 0 Å². The van der Waals surface area contributed by atoms with E-state index in [4.69, 9.17) is 0 Å². The second-order valence-corrected chi connectivity index (χ2v) is 7.13. The third-order valence-corrected chi connectivity index (χ3v) is 4.97. The Hall–Kier alpha value is -2.57. The molecule has 28 heavy (non-hydrogen) atoms. The number of alkyl halides is 6. The lowest BCUT2D eigenvalue weighted by Crippen LogP contribution is -2.35. The van der Waals surface area contributed by atoms with E-state index in [9.17, 15) is 31.1 Å². The molecular formula is C15H13F6N5OS. The van der Waals surface area contributed by atoms with E-state index in [0.29, 0.717) is 0 Å². The van der Waals surface area contributed by atoms with Gasteiger partial charge in [0, 0.05) is 24.7 Å². The molecule has 0 aliphatic carbocycles. The predicted octanol–water partition coefficient (Wildman–Crippen LogP) is 3.69. The Morgan fingerprint density at radius 1 is 1.21 bits per heavy atom. The van der Waals surface area contributed by atoms with Crippen molar-refractivity contribution in [1.29, 1.82) is 0 Å². The first kappa shape index (κ1) is 20.2. The number of nitrogens with one attached hydrogen (secondary N) is 1. The van der Waals surface area contributed by atoms with Crippen LogP contribution < -0.4 is 5.32 Å². The number of amides is 1. The Bertz CT molecular complexity index is 1010. The molecule has 3 aromatic heterocycles. The van der Waals surface area contributed by atoms with Crippen molar-refractivity contribution in [3.8, 4) is 0 Å². The summed E-state index contributed by atoms with van der Waals surface area (Å²) in [6.07, 6.45) is -8.09. The molecule has 0 fully saturated rings. The topological polar surface area (TPSA) is 64.7 Å². The maximum Gasteiger partial charge on any atom is 0.435 e. The van der Waals surface area contributed by atoms with Gasteiger partial charge >= 0.3 is 12.4 Å². The predicted molar refractivity (Wildman–Crippen MR) is 87.8 cm³/mol. The SMILES string of the molecule is C[C@H](Cn1ccc(C(F)(F)F)n1)NC(=O)c1cc2c(C(F)(F)F)nn(C)c2s1. The van der Waals surface area contributed by atoms with Crippen molar-refractivity contribution in [3.05, 3.63) is 34.6 Å². The van der Waals surface area contributed by atoms with Gasteiger partial charge in [-0.1, -0.05) is 0 Å². The third-order valence-electron chi connectivity index (χ3n) is 3.77. The molecule has 0 radical (unpaired) electrons. The fourth-order valence-corrected chi connectivity index (χ4v) is 3.57. The second-order valence-electron chi connectivity index (χ2n) is 6.09. The quantitative estimate of drug-likeness (QED) is 0.649. The third kappa shape index (κ3) is 3.98. The zero-order chi connectivity index (χ0) is 20.9. The van der Waals surface area contributed by atoms with Gasteiger partial charge in [0.05, 0.1) is 11.4 Å². The molecule has 152 valence electrons. The molecule has 6 nitrogen and oxygen atoms in total. The number of fused-ring (bicyclic) bond motifs is 1. The molecule has 13 heteroatoms. The van der Waals surface area contributed by atoms with Crippen LogP contribution in [-0.2, 0) is 25.9 Å². The van der Waals surface area contributed by atoms with Gasteiger partial charge < -0.3 is 5.32 Å². The van der Waals surface area contributed by atoms with Crippen molar-refractivity contribution in [1.82, 2.24) is 24.9 Å². The number of carbonyl (C=O) groups excluding carboxylic acids is 1. The summed E-state index contributed by atoms with van der Waals surface area (Å²) in [7, 11) is 1.34. The molecule has 0 saturated carbocycles. The summed E-state index contributed by atoms with van der Waals surface area (Å²) in [6.45, 7) is 1.50. The highest BCUT2D eigenvalue weighted by molar-refractivity contribution is 7.20. The van der Waals surface area contributed by atoms with Gasteiger partial charge in [-0.3, -0.25) is 14.2 Å². The molecule has 1 atom stereocenters. The van der Waals surface area contributed by atoms with E-state index in [2.05, 4.69) is 15.5 Å². The van der Waals surface area contributed by atoms with Crippen LogP contribution in [0.1, 0.15) is 28.0 Å². The van der Waals surface area contributed by atoms with E-state index >= 15 is 0 Å². The van der Waals surface area contributed by atoms with E-state index in [-0.39, 0.29) is 21.6 Å². The molecular weight excluding hydrogens is 412 g/mol. The van der Waals surface area contributed by atoms with E-state index in [1.807, 2.05) is 0 Å². The summed E-state index contributed by atoms with van der Waals surface area (Å²) in [5.41, 5.74) is -2.13. The van der Waals surface area contributed by atoms with E-state index in [1.54, 1.807) is 6.92 Å². The number of thiophene rings is 1. The highest BCUT2D eigenvalue weighted by Crippen LogP contribution is 2.37. The average molecular weight is 425 g/mol. The van der Waals surface area contributed by atoms with Gasteiger partial charge in [0.25, 0.3) is 5.91 Å². The summed E-state index contributed by atoms with van der Waals surface area (Å²) in [4.78, 5) is 12.6. The number of hydrogen-bond acceptors (Lipinski definition) is 4. The van der Waals surface area contributed by atoms with Crippen LogP contribution in [0.15, 0.2) is 18.3 Å². The Morgan fingerprint density at radius 3 is 2.46 bits per heavy atom. The van der Waals surface area contributed by atoms with Gasteiger partial charge in [0.2, 0.25) is 0 Å². The van der Waals surface area contributed by atoms with Gasteiger partial charge in [-0.25, -0.2) is 0 Å². The standard InChI is InChI=1S/C15H13F6N5OS/c1-7(6-26-4-3-10(23-26)14(16,17)18)22-12(27)9-5-8-11(15(19,20)21)24-25(2)13(8)28-9/h3-5,7H,6H2,1-2H3,(H,22,27)/t7-/m1/s1. The smallest absolute Gasteiger partial charge is 0.347 e. The van der Waals surface area contributed by atoms with E-state index in [0.717, 1.165) is 39.0 Å². The average Bonchev–Trinajstić information content (AvgIpc) is 3.22. The Kier molecular flexibility index (Phi) is 4.89. The zero-order valence-electron chi connectivity index (χ0n) is 14.4. The maximum atomic E-state index is 13.0. The number of halogens is 6. The number of aryl methyl sites for hydroxylation is 1. The molecule has 0 unspecified atom stereocenters. The molecule has 1 N–H and O–H groups in total. The van der Waals surface area contributed by atoms with Crippen LogP contribution in [0.5, 0.6) is 0 Å². The Balaban J connectivity index is 1.73. The molecule has 3 aromatic rings. The minimum atomic E-state index is -4.65. The first-order valence-electron chi connectivity index (χ1n) is 7.81. The monoisotopic (exact) mass is 425 g/mol. The number of carbonyl (C=O) groups is 1. The van der Waals surface area contributed by atoms with Crippen molar-refractivity contribution in [2.75, 3.05) is 0 Å². The van der Waals surface area contributed by atoms with Gasteiger partial charge in [-0.2, -0.15) is 36.5 Å². The highest BCUT2D eigenvalue weighted by atomic mass is 32.1. The fraction of sp³-hybridized carbons (Fsp3) is 0.400. The Morgan fingerprint density at radius 2 is 1.89 bits per heavy atom. The highest BCUT2D eigenvalue weighted by Gasteiger charge is 2.37. The van der Waals surface area contributed by atoms with Gasteiger partial charge in [-0.15, -0.1) is 11.3 Å². The molecule has 3 rings (SSSR count). The van der Waals surface area contributed by atoms with Gasteiger partial charge in [0.15, 0.2) is 11.4 Å². The molecule has 0 aliphatic heterocycles. The normalized spacial score (nSPS) is 13.9. The molecule has 0 bridgehead atoms. The summed E-state index contributed by atoms with van der Waals surface area (Å²) >= 11 is 0.842. The van der Waals surface area contributed by atoms with Crippen LogP contribution in [0.4, 0.5) is 26.3 Å². The molecule has 3 heterocycles. The number of nitrogens with zero attached hydrogens (tertiary/aromatic N) is 4. The minimum absolute atomic E-state index is 0.0387. The van der Waals surface area contributed by atoms with Crippen LogP contribution in [0, 0.1) is 0 Å². The molecule has 0 saturated heterocycles. The first-order valence-corrected chi connectivity index (χ1v) is 8.63. The van der Waals surface area contributed by atoms with E-state index < -0.39 is 35.7 Å². The van der Waals surface area contributed by atoms with Gasteiger partial charge in [-0.05, 0) is 19.1 Å². The molecule has 0 spiro atoms. The number of rotatable bonds is 4. The van der Waals surface area contributed by atoms with Crippen molar-refractivity contribution in [2.24, 2.45) is 7.05 Å². The largest absolute Gasteiger partial charge is 0.435 e. The van der Waals surface area contributed by atoms with Crippen molar-refractivity contribution >= 4 is 27.5 Å². The summed E-state index contributed by atoms with van der Waals surface area (Å²) in [6, 6.07) is 1.30. The van der Waals surface area contributed by atoms with Crippen molar-refractivity contribution < 1.29 is 31.1 Å². The lowest BCUT2D eigenvalue weighted by atomic mass is 10.2. The van der Waals surface area contributed by atoms with E-state index in [1.165, 1.54) is 7.05 Å². The summed E-state index contributed by atoms with van der Waals surface area (Å²) in [5, 5.41) is 9.17. The lowest BCUT2D eigenvalue weighted by molar-refractivity contribution is -0.141. The summed E-state index contributed by atoms with van der Waals surface area (Å²) in [5.74, 6) is -0.634.